The van der Waals surface area contributed by atoms with Gasteiger partial charge in [0.05, 0.1) is 18.4 Å². The van der Waals surface area contributed by atoms with Crippen LogP contribution in [0.2, 0.25) is 0 Å². The summed E-state index contributed by atoms with van der Waals surface area (Å²) < 4.78 is 5.35. The molecule has 2 heterocycles. The molecule has 0 saturated heterocycles. The van der Waals surface area contributed by atoms with Crippen molar-refractivity contribution in [2.45, 2.75) is 32.4 Å². The van der Waals surface area contributed by atoms with E-state index in [4.69, 9.17) is 4.42 Å². The number of nitrogens with one attached hydrogen (secondary N) is 1. The zero-order valence-electron chi connectivity index (χ0n) is 13.4. The molecule has 5 heteroatoms. The number of aromatic nitrogens is 1. The molecular formula is C19H18N2O3. The molecule has 2 aromatic heterocycles. The second-order valence-corrected chi connectivity index (χ2v) is 6.24. The van der Waals surface area contributed by atoms with E-state index in [0.717, 1.165) is 29.4 Å². The number of carbonyl (C=O) groups excluding carboxylic acids is 2. The third-order valence-corrected chi connectivity index (χ3v) is 4.47. The average molecular weight is 322 g/mol. The van der Waals surface area contributed by atoms with Gasteiger partial charge < -0.3 is 14.3 Å². The number of Topliss-reactive ketones (excluding diaryl/α,β-unsaturated/α-hetero) is 1. The first-order valence-electron chi connectivity index (χ1n) is 8.10. The number of hydrogen-bond donors (Lipinski definition) is 1. The Bertz CT molecular complexity index is 904. The number of para-hydroxylation sites is 1. The van der Waals surface area contributed by atoms with E-state index in [9.17, 15) is 9.59 Å². The summed E-state index contributed by atoms with van der Waals surface area (Å²) in [4.78, 5) is 30.6. The molecule has 122 valence electrons. The largest absolute Gasteiger partial charge is 0.467 e. The fourth-order valence-electron chi connectivity index (χ4n) is 3.13. The van der Waals surface area contributed by atoms with Crippen molar-refractivity contribution in [3.05, 3.63) is 59.7 Å². The van der Waals surface area contributed by atoms with Gasteiger partial charge >= 0.3 is 0 Å². The average Bonchev–Trinajstić information content (AvgIpc) is 3.18. The third-order valence-electron chi connectivity index (χ3n) is 4.47. The van der Waals surface area contributed by atoms with E-state index in [1.165, 1.54) is 0 Å². The summed E-state index contributed by atoms with van der Waals surface area (Å²) in [5, 5.41) is 0.794. The van der Waals surface area contributed by atoms with Crippen LogP contribution in [0.5, 0.6) is 0 Å². The number of furan rings is 1. The Hall–Kier alpha value is -2.82. The number of rotatable bonds is 5. The Labute approximate surface area is 139 Å². The van der Waals surface area contributed by atoms with Crippen LogP contribution < -0.4 is 0 Å². The summed E-state index contributed by atoms with van der Waals surface area (Å²) >= 11 is 0. The predicted molar refractivity (Wildman–Crippen MR) is 89.6 cm³/mol. The molecule has 1 saturated carbocycles. The van der Waals surface area contributed by atoms with E-state index in [1.54, 1.807) is 17.2 Å². The van der Waals surface area contributed by atoms with Gasteiger partial charge in [-0.05, 0) is 38.0 Å². The SMILES string of the molecule is Cc1[nH]c2ccccc2c1C(=O)C(=O)N(Cc1ccco1)C1CC1. The van der Waals surface area contributed by atoms with Gasteiger partial charge in [0.25, 0.3) is 11.7 Å². The molecule has 1 aromatic carbocycles. The zero-order chi connectivity index (χ0) is 16.7. The maximum Gasteiger partial charge on any atom is 0.295 e. The van der Waals surface area contributed by atoms with Crippen molar-refractivity contribution in [2.75, 3.05) is 0 Å². The Kier molecular flexibility index (Phi) is 3.49. The van der Waals surface area contributed by atoms with Gasteiger partial charge in [-0.3, -0.25) is 9.59 Å². The lowest BCUT2D eigenvalue weighted by Crippen LogP contribution is -2.37. The molecule has 1 aliphatic rings. The van der Waals surface area contributed by atoms with Crippen molar-refractivity contribution in [3.8, 4) is 0 Å². The molecule has 0 atom stereocenters. The van der Waals surface area contributed by atoms with Crippen molar-refractivity contribution in [3.63, 3.8) is 0 Å². The first-order valence-corrected chi connectivity index (χ1v) is 8.10. The van der Waals surface area contributed by atoms with Crippen LogP contribution in [0, 0.1) is 6.92 Å². The summed E-state index contributed by atoms with van der Waals surface area (Å²) in [6.07, 6.45) is 3.45. The zero-order valence-corrected chi connectivity index (χ0v) is 13.4. The lowest BCUT2D eigenvalue weighted by molar-refractivity contribution is -0.127. The first kappa shape index (κ1) is 14.8. The molecule has 0 bridgehead atoms. The second-order valence-electron chi connectivity index (χ2n) is 6.24. The quantitative estimate of drug-likeness (QED) is 0.578. The summed E-state index contributed by atoms with van der Waals surface area (Å²) in [6, 6.07) is 11.3. The van der Waals surface area contributed by atoms with Crippen molar-refractivity contribution in [1.82, 2.24) is 9.88 Å². The molecule has 4 rings (SSSR count). The van der Waals surface area contributed by atoms with E-state index in [0.29, 0.717) is 17.9 Å². The van der Waals surface area contributed by atoms with Gasteiger partial charge in [-0.15, -0.1) is 0 Å². The molecule has 0 unspecified atom stereocenters. The number of carbonyl (C=O) groups is 2. The maximum atomic E-state index is 12.9. The Balaban J connectivity index is 1.66. The Morgan fingerprint density at radius 1 is 1.21 bits per heavy atom. The molecule has 3 aromatic rings. The van der Waals surface area contributed by atoms with Gasteiger partial charge in [0.15, 0.2) is 0 Å². The van der Waals surface area contributed by atoms with Crippen molar-refractivity contribution in [1.29, 1.82) is 0 Å². The minimum absolute atomic E-state index is 0.136. The van der Waals surface area contributed by atoms with E-state index >= 15 is 0 Å². The van der Waals surface area contributed by atoms with E-state index in [1.807, 2.05) is 37.3 Å². The second kappa shape index (κ2) is 5.67. The Morgan fingerprint density at radius 2 is 2.00 bits per heavy atom. The number of H-pyrrole nitrogens is 1. The molecule has 1 aliphatic carbocycles. The Morgan fingerprint density at radius 3 is 2.71 bits per heavy atom. The molecule has 0 spiro atoms. The fourth-order valence-corrected chi connectivity index (χ4v) is 3.13. The molecule has 1 amide bonds. The fraction of sp³-hybridized carbons (Fsp3) is 0.263. The van der Waals surface area contributed by atoms with E-state index < -0.39 is 11.7 Å². The first-order chi connectivity index (χ1) is 11.6. The van der Waals surface area contributed by atoms with Crippen LogP contribution in [0.1, 0.15) is 34.7 Å². The topological polar surface area (TPSA) is 66.3 Å². The molecule has 0 aliphatic heterocycles. The molecule has 5 nitrogen and oxygen atoms in total. The van der Waals surface area contributed by atoms with Crippen LogP contribution in [0.3, 0.4) is 0 Å². The minimum Gasteiger partial charge on any atom is -0.467 e. The maximum absolute atomic E-state index is 12.9. The van der Waals surface area contributed by atoms with E-state index in [2.05, 4.69) is 4.98 Å². The van der Waals surface area contributed by atoms with Crippen LogP contribution >= 0.6 is 0 Å². The summed E-state index contributed by atoms with van der Waals surface area (Å²) in [5.74, 6) is -0.219. The van der Waals surface area contributed by atoms with Crippen LogP contribution in [0.4, 0.5) is 0 Å². The third kappa shape index (κ3) is 2.52. The highest BCUT2D eigenvalue weighted by molar-refractivity contribution is 6.45. The van der Waals surface area contributed by atoms with Crippen LogP contribution in [0.25, 0.3) is 10.9 Å². The number of benzene rings is 1. The highest BCUT2D eigenvalue weighted by Crippen LogP contribution is 2.30. The van der Waals surface area contributed by atoms with Crippen LogP contribution in [0.15, 0.2) is 47.1 Å². The van der Waals surface area contributed by atoms with Gasteiger partial charge in [0.1, 0.15) is 5.76 Å². The molecule has 0 radical (unpaired) electrons. The van der Waals surface area contributed by atoms with Crippen LogP contribution in [-0.2, 0) is 11.3 Å². The normalized spacial score (nSPS) is 14.0. The van der Waals surface area contributed by atoms with Crippen molar-refractivity contribution in [2.24, 2.45) is 0 Å². The number of aryl methyl sites for hydroxylation is 1. The molecule has 1 N–H and O–H groups in total. The van der Waals surface area contributed by atoms with Crippen molar-refractivity contribution < 1.29 is 14.0 Å². The number of amides is 1. The van der Waals surface area contributed by atoms with Gasteiger partial charge in [0, 0.05) is 22.6 Å². The molecule has 1 fully saturated rings. The van der Waals surface area contributed by atoms with Crippen molar-refractivity contribution >= 4 is 22.6 Å². The molecule has 24 heavy (non-hydrogen) atoms. The number of hydrogen-bond acceptors (Lipinski definition) is 3. The monoisotopic (exact) mass is 322 g/mol. The number of aromatic amines is 1. The number of ketones is 1. The highest BCUT2D eigenvalue weighted by atomic mass is 16.3. The summed E-state index contributed by atoms with van der Waals surface area (Å²) in [5.41, 5.74) is 2.07. The summed E-state index contributed by atoms with van der Waals surface area (Å²) in [6.45, 7) is 2.16. The van der Waals surface area contributed by atoms with E-state index in [-0.39, 0.29) is 6.04 Å². The van der Waals surface area contributed by atoms with Gasteiger partial charge in [0.2, 0.25) is 0 Å². The number of nitrogens with zero attached hydrogens (tertiary/aromatic N) is 1. The highest BCUT2D eigenvalue weighted by Gasteiger charge is 2.37. The standard InChI is InChI=1S/C19H18N2O3/c1-12-17(15-6-2-3-7-16(15)20-12)18(22)19(23)21(13-8-9-13)11-14-5-4-10-24-14/h2-7,10,13,20H,8-9,11H2,1H3. The van der Waals surface area contributed by atoms with Gasteiger partial charge in [-0.1, -0.05) is 18.2 Å². The molecular weight excluding hydrogens is 304 g/mol. The predicted octanol–water partition coefficient (Wildman–Crippen LogP) is 3.44. The smallest absolute Gasteiger partial charge is 0.295 e. The van der Waals surface area contributed by atoms with Gasteiger partial charge in [-0.25, -0.2) is 0 Å². The lowest BCUT2D eigenvalue weighted by atomic mass is 10.1. The van der Waals surface area contributed by atoms with Gasteiger partial charge in [-0.2, -0.15) is 0 Å². The number of fused-ring (bicyclic) bond motifs is 1. The lowest BCUT2D eigenvalue weighted by Gasteiger charge is -2.20. The minimum atomic E-state index is -0.457. The van der Waals surface area contributed by atoms with Crippen LogP contribution in [-0.4, -0.2) is 27.6 Å². The summed E-state index contributed by atoms with van der Waals surface area (Å²) in [7, 11) is 0.